The van der Waals surface area contributed by atoms with Gasteiger partial charge in [-0.1, -0.05) is 30.0 Å². The van der Waals surface area contributed by atoms with Crippen LogP contribution in [-0.4, -0.2) is 36.1 Å². The summed E-state index contributed by atoms with van der Waals surface area (Å²) in [6, 6.07) is 7.70. The van der Waals surface area contributed by atoms with Gasteiger partial charge in [0.15, 0.2) is 5.17 Å². The van der Waals surface area contributed by atoms with E-state index in [1.807, 2.05) is 30.5 Å². The van der Waals surface area contributed by atoms with Gasteiger partial charge in [0.2, 0.25) is 0 Å². The summed E-state index contributed by atoms with van der Waals surface area (Å²) in [4.78, 5) is 21.1. The van der Waals surface area contributed by atoms with E-state index < -0.39 is 0 Å². The highest BCUT2D eigenvalue weighted by Gasteiger charge is 2.29. The van der Waals surface area contributed by atoms with Crippen molar-refractivity contribution in [2.75, 3.05) is 18.8 Å². The standard InChI is InChI=1S/C19H24N4OS/c1-19(9-12-25-18(20)23-19)16-6-4-15(5-7-16)17(24)22-11-8-14-3-2-10-21-13-14/h3-7,13H,2,8-12H2,1H3,(H2,20,23)(H,22,24). The number of nitrogens with two attached hydrogens (primary N) is 1. The molecule has 1 unspecified atom stereocenters. The smallest absolute Gasteiger partial charge is 0.251 e. The Bertz CT molecular complexity index is 723. The van der Waals surface area contributed by atoms with Gasteiger partial charge in [-0.25, -0.2) is 0 Å². The molecule has 0 aliphatic carbocycles. The Morgan fingerprint density at radius 2 is 2.16 bits per heavy atom. The van der Waals surface area contributed by atoms with Gasteiger partial charge in [0.05, 0.1) is 5.54 Å². The number of benzene rings is 1. The minimum Gasteiger partial charge on any atom is -0.379 e. The van der Waals surface area contributed by atoms with Gasteiger partial charge in [-0.3, -0.25) is 14.8 Å². The number of carbonyl (C=O) groups is 1. The molecule has 25 heavy (non-hydrogen) atoms. The van der Waals surface area contributed by atoms with Crippen LogP contribution in [0.25, 0.3) is 0 Å². The predicted molar refractivity (Wildman–Crippen MR) is 106 cm³/mol. The second-order valence-electron chi connectivity index (χ2n) is 6.51. The Morgan fingerprint density at radius 1 is 1.36 bits per heavy atom. The van der Waals surface area contributed by atoms with Crippen molar-refractivity contribution < 1.29 is 4.79 Å². The van der Waals surface area contributed by atoms with E-state index in [4.69, 9.17) is 5.73 Å². The summed E-state index contributed by atoms with van der Waals surface area (Å²) < 4.78 is 0. The lowest BCUT2D eigenvalue weighted by molar-refractivity contribution is 0.0954. The third-order valence-corrected chi connectivity index (χ3v) is 5.38. The van der Waals surface area contributed by atoms with E-state index in [9.17, 15) is 4.79 Å². The van der Waals surface area contributed by atoms with E-state index in [1.165, 1.54) is 5.57 Å². The van der Waals surface area contributed by atoms with Gasteiger partial charge in [-0.05, 0) is 49.5 Å². The number of hydrogen-bond donors (Lipinski definition) is 2. The first-order valence-corrected chi connectivity index (χ1v) is 9.61. The summed E-state index contributed by atoms with van der Waals surface area (Å²) >= 11 is 1.59. The van der Waals surface area contributed by atoms with Crippen molar-refractivity contribution in [2.24, 2.45) is 15.7 Å². The van der Waals surface area contributed by atoms with Crippen molar-refractivity contribution in [3.8, 4) is 0 Å². The topological polar surface area (TPSA) is 79.8 Å². The van der Waals surface area contributed by atoms with Crippen LogP contribution in [0.1, 0.15) is 42.1 Å². The molecule has 1 aromatic rings. The van der Waals surface area contributed by atoms with Crippen LogP contribution in [0.15, 0.2) is 45.9 Å². The summed E-state index contributed by atoms with van der Waals surface area (Å²) in [6.07, 6.45) is 6.84. The van der Waals surface area contributed by atoms with Crippen molar-refractivity contribution in [3.63, 3.8) is 0 Å². The molecule has 0 spiro atoms. The van der Waals surface area contributed by atoms with Crippen molar-refractivity contribution in [1.82, 2.24) is 5.32 Å². The highest BCUT2D eigenvalue weighted by Crippen LogP contribution is 2.34. The number of amides is 1. The van der Waals surface area contributed by atoms with E-state index in [-0.39, 0.29) is 11.4 Å². The van der Waals surface area contributed by atoms with Gasteiger partial charge >= 0.3 is 0 Å². The molecule has 0 bridgehead atoms. The lowest BCUT2D eigenvalue weighted by atomic mass is 9.89. The Kier molecular flexibility index (Phi) is 5.58. The molecule has 0 fully saturated rings. The van der Waals surface area contributed by atoms with Crippen LogP contribution >= 0.6 is 11.8 Å². The summed E-state index contributed by atoms with van der Waals surface area (Å²) in [5.74, 6) is 0.917. The fraction of sp³-hybridized carbons (Fsp3) is 0.421. The summed E-state index contributed by atoms with van der Waals surface area (Å²) in [7, 11) is 0. The lowest BCUT2D eigenvalue weighted by Gasteiger charge is -2.29. The van der Waals surface area contributed by atoms with Gasteiger partial charge < -0.3 is 11.1 Å². The molecule has 6 heteroatoms. The minimum absolute atomic E-state index is 0.0488. The molecule has 0 saturated carbocycles. The monoisotopic (exact) mass is 356 g/mol. The maximum Gasteiger partial charge on any atom is 0.251 e. The SMILES string of the molecule is CC1(c2ccc(C(=O)NCCC3=CCCN=C3)cc2)CCSC(N)=N1. The maximum absolute atomic E-state index is 12.3. The number of dihydropyridines is 1. The number of amidine groups is 1. The summed E-state index contributed by atoms with van der Waals surface area (Å²) in [5, 5.41) is 3.60. The zero-order chi connectivity index (χ0) is 17.7. The number of hydrogen-bond acceptors (Lipinski definition) is 5. The van der Waals surface area contributed by atoms with Gasteiger partial charge in [0, 0.05) is 30.6 Å². The normalized spacial score (nSPS) is 22.9. The molecule has 3 N–H and O–H groups in total. The van der Waals surface area contributed by atoms with E-state index in [2.05, 4.69) is 28.3 Å². The van der Waals surface area contributed by atoms with Crippen LogP contribution in [0.4, 0.5) is 0 Å². The van der Waals surface area contributed by atoms with Crippen LogP contribution in [0.5, 0.6) is 0 Å². The number of thioether (sulfide) groups is 1. The molecule has 3 rings (SSSR count). The van der Waals surface area contributed by atoms with Crippen molar-refractivity contribution in [3.05, 3.63) is 47.0 Å². The lowest BCUT2D eigenvalue weighted by Crippen LogP contribution is -2.29. The van der Waals surface area contributed by atoms with Crippen molar-refractivity contribution in [2.45, 2.75) is 31.7 Å². The average molecular weight is 356 g/mol. The molecular weight excluding hydrogens is 332 g/mol. The first kappa shape index (κ1) is 17.7. The molecular formula is C19H24N4OS. The highest BCUT2D eigenvalue weighted by molar-refractivity contribution is 8.13. The quantitative estimate of drug-likeness (QED) is 0.851. The fourth-order valence-electron chi connectivity index (χ4n) is 3.02. The highest BCUT2D eigenvalue weighted by atomic mass is 32.2. The second-order valence-corrected chi connectivity index (χ2v) is 7.62. The molecule has 1 aromatic carbocycles. The first-order valence-electron chi connectivity index (χ1n) is 8.62. The zero-order valence-electron chi connectivity index (χ0n) is 14.5. The van der Waals surface area contributed by atoms with E-state index in [1.54, 1.807) is 11.8 Å². The van der Waals surface area contributed by atoms with E-state index >= 15 is 0 Å². The van der Waals surface area contributed by atoms with Crippen molar-refractivity contribution in [1.29, 1.82) is 0 Å². The van der Waals surface area contributed by atoms with Crippen LogP contribution < -0.4 is 11.1 Å². The van der Waals surface area contributed by atoms with Crippen LogP contribution in [0.3, 0.4) is 0 Å². The maximum atomic E-state index is 12.3. The third kappa shape index (κ3) is 4.51. The van der Waals surface area contributed by atoms with Crippen LogP contribution in [-0.2, 0) is 5.54 Å². The Labute approximate surface area is 152 Å². The number of rotatable bonds is 5. The summed E-state index contributed by atoms with van der Waals surface area (Å²) in [6.45, 7) is 3.58. The van der Waals surface area contributed by atoms with Gasteiger partial charge in [-0.15, -0.1) is 0 Å². The Balaban J connectivity index is 1.58. The Hall–Kier alpha value is -2.08. The average Bonchev–Trinajstić information content (AvgIpc) is 2.62. The molecule has 5 nitrogen and oxygen atoms in total. The molecule has 2 aliphatic heterocycles. The second kappa shape index (κ2) is 7.87. The van der Waals surface area contributed by atoms with Crippen molar-refractivity contribution >= 4 is 29.1 Å². The Morgan fingerprint density at radius 3 is 2.84 bits per heavy atom. The summed E-state index contributed by atoms with van der Waals surface area (Å²) in [5.41, 5.74) is 8.54. The molecule has 132 valence electrons. The largest absolute Gasteiger partial charge is 0.379 e. The molecule has 2 aliphatic rings. The van der Waals surface area contributed by atoms with Gasteiger partial charge in [0.1, 0.15) is 0 Å². The number of nitrogens with zero attached hydrogens (tertiary/aromatic N) is 2. The number of nitrogens with one attached hydrogen (secondary N) is 1. The van der Waals surface area contributed by atoms with Crippen LogP contribution in [0, 0.1) is 0 Å². The van der Waals surface area contributed by atoms with Crippen LogP contribution in [0.2, 0.25) is 0 Å². The molecule has 1 amide bonds. The predicted octanol–water partition coefficient (Wildman–Crippen LogP) is 2.87. The molecule has 0 radical (unpaired) electrons. The molecule has 0 saturated heterocycles. The van der Waals surface area contributed by atoms with Gasteiger partial charge in [-0.2, -0.15) is 0 Å². The molecule has 1 atom stereocenters. The number of carbonyl (C=O) groups excluding carboxylic acids is 1. The first-order chi connectivity index (χ1) is 12.1. The number of aliphatic imine (C=N–C) groups is 2. The fourth-order valence-corrected chi connectivity index (χ4v) is 4.00. The zero-order valence-corrected chi connectivity index (χ0v) is 15.3. The van der Waals surface area contributed by atoms with Gasteiger partial charge in [0.25, 0.3) is 5.91 Å². The third-order valence-electron chi connectivity index (χ3n) is 4.59. The molecule has 2 heterocycles. The van der Waals surface area contributed by atoms with E-state index in [0.29, 0.717) is 17.3 Å². The minimum atomic E-state index is -0.295. The van der Waals surface area contributed by atoms with E-state index in [0.717, 1.165) is 37.1 Å². The molecule has 0 aromatic heterocycles.